The fourth-order valence-electron chi connectivity index (χ4n) is 4.26. The minimum atomic E-state index is -0.0152. The molecule has 0 radical (unpaired) electrons. The first kappa shape index (κ1) is 16.3. The standard InChI is InChI=1S/C19H28N2O2/c1-12(2)23-17-9-4-3-8-16(17)19(22)21-18-13-6-5-7-14(18)11-15(20)10-13/h3-4,8-9,12-15,18H,5-7,10-11,20H2,1-2H3,(H,21,22). The summed E-state index contributed by atoms with van der Waals surface area (Å²) in [6, 6.07) is 8.07. The SMILES string of the molecule is CC(C)Oc1ccccc1C(=O)NC1C2CCCC1CC(N)C2. The van der Waals surface area contributed by atoms with Gasteiger partial charge in [-0.1, -0.05) is 18.6 Å². The molecule has 2 saturated carbocycles. The van der Waals surface area contributed by atoms with Crippen molar-refractivity contribution in [3.63, 3.8) is 0 Å². The quantitative estimate of drug-likeness (QED) is 0.897. The van der Waals surface area contributed by atoms with Crippen molar-refractivity contribution in [2.75, 3.05) is 0 Å². The largest absolute Gasteiger partial charge is 0.490 e. The smallest absolute Gasteiger partial charge is 0.255 e. The van der Waals surface area contributed by atoms with Gasteiger partial charge in [-0.3, -0.25) is 4.79 Å². The highest BCUT2D eigenvalue weighted by Gasteiger charge is 2.40. The number of fused-ring (bicyclic) bond motifs is 2. The van der Waals surface area contributed by atoms with Gasteiger partial charge in [0.25, 0.3) is 5.91 Å². The molecule has 0 aliphatic heterocycles. The van der Waals surface area contributed by atoms with Gasteiger partial charge < -0.3 is 15.8 Å². The molecule has 2 atom stereocenters. The summed E-state index contributed by atoms with van der Waals surface area (Å²) in [5, 5.41) is 3.30. The van der Waals surface area contributed by atoms with Crippen molar-refractivity contribution >= 4 is 5.91 Å². The van der Waals surface area contributed by atoms with Crippen LogP contribution >= 0.6 is 0 Å². The third-order valence-electron chi connectivity index (χ3n) is 5.17. The Kier molecular flexibility index (Phi) is 4.90. The summed E-state index contributed by atoms with van der Waals surface area (Å²) < 4.78 is 5.79. The maximum Gasteiger partial charge on any atom is 0.255 e. The Morgan fingerprint density at radius 1 is 1.22 bits per heavy atom. The number of carbonyl (C=O) groups is 1. The summed E-state index contributed by atoms with van der Waals surface area (Å²) in [7, 11) is 0. The highest BCUT2D eigenvalue weighted by molar-refractivity contribution is 5.97. The van der Waals surface area contributed by atoms with E-state index < -0.39 is 0 Å². The van der Waals surface area contributed by atoms with E-state index in [9.17, 15) is 4.79 Å². The van der Waals surface area contributed by atoms with Gasteiger partial charge in [-0.2, -0.15) is 0 Å². The molecule has 4 nitrogen and oxygen atoms in total. The van der Waals surface area contributed by atoms with Crippen molar-refractivity contribution in [3.05, 3.63) is 29.8 Å². The Hall–Kier alpha value is -1.55. The summed E-state index contributed by atoms with van der Waals surface area (Å²) in [6.07, 6.45) is 5.74. The molecule has 2 fully saturated rings. The van der Waals surface area contributed by atoms with E-state index in [-0.39, 0.29) is 18.1 Å². The number of nitrogens with two attached hydrogens (primary N) is 1. The van der Waals surface area contributed by atoms with Crippen LogP contribution in [-0.4, -0.2) is 24.1 Å². The van der Waals surface area contributed by atoms with Gasteiger partial charge in [0, 0.05) is 12.1 Å². The fraction of sp³-hybridized carbons (Fsp3) is 0.632. The Morgan fingerprint density at radius 2 is 1.87 bits per heavy atom. The molecular weight excluding hydrogens is 288 g/mol. The maximum absolute atomic E-state index is 12.8. The highest BCUT2D eigenvalue weighted by Crippen LogP contribution is 2.39. The van der Waals surface area contributed by atoms with Gasteiger partial charge in [-0.15, -0.1) is 0 Å². The first-order chi connectivity index (χ1) is 11.0. The molecule has 1 aromatic carbocycles. The molecule has 2 aliphatic rings. The zero-order chi connectivity index (χ0) is 16.4. The number of para-hydroxylation sites is 1. The van der Waals surface area contributed by atoms with E-state index >= 15 is 0 Å². The predicted molar refractivity (Wildman–Crippen MR) is 91.5 cm³/mol. The Labute approximate surface area is 138 Å². The molecule has 4 heteroatoms. The van der Waals surface area contributed by atoms with E-state index in [2.05, 4.69) is 5.32 Å². The molecular formula is C19H28N2O2. The molecule has 126 valence electrons. The zero-order valence-corrected chi connectivity index (χ0v) is 14.1. The van der Waals surface area contributed by atoms with E-state index in [1.165, 1.54) is 19.3 Å². The summed E-state index contributed by atoms with van der Waals surface area (Å²) >= 11 is 0. The van der Waals surface area contributed by atoms with Crippen LogP contribution in [0.4, 0.5) is 0 Å². The van der Waals surface area contributed by atoms with E-state index in [1.54, 1.807) is 0 Å². The highest BCUT2D eigenvalue weighted by atomic mass is 16.5. The van der Waals surface area contributed by atoms with Crippen molar-refractivity contribution in [3.8, 4) is 5.75 Å². The summed E-state index contributed by atoms with van der Waals surface area (Å²) in [4.78, 5) is 12.8. The molecule has 3 rings (SSSR count). The van der Waals surface area contributed by atoms with Gasteiger partial charge in [0.05, 0.1) is 11.7 Å². The molecule has 23 heavy (non-hydrogen) atoms. The van der Waals surface area contributed by atoms with Gasteiger partial charge in [-0.05, 0) is 63.5 Å². The second-order valence-corrected chi connectivity index (χ2v) is 7.34. The normalized spacial score (nSPS) is 30.1. The second-order valence-electron chi connectivity index (χ2n) is 7.34. The summed E-state index contributed by atoms with van der Waals surface area (Å²) in [5.74, 6) is 1.70. The topological polar surface area (TPSA) is 64.3 Å². The lowest BCUT2D eigenvalue weighted by Crippen LogP contribution is -2.53. The van der Waals surface area contributed by atoms with Crippen molar-refractivity contribution in [2.24, 2.45) is 17.6 Å². The minimum absolute atomic E-state index is 0.0152. The summed E-state index contributed by atoms with van der Waals surface area (Å²) in [5.41, 5.74) is 6.81. The third-order valence-corrected chi connectivity index (χ3v) is 5.17. The molecule has 0 aromatic heterocycles. The molecule has 0 spiro atoms. The molecule has 0 heterocycles. The van der Waals surface area contributed by atoms with Crippen molar-refractivity contribution in [1.29, 1.82) is 0 Å². The number of amides is 1. The van der Waals surface area contributed by atoms with E-state index in [1.807, 2.05) is 38.1 Å². The third kappa shape index (κ3) is 3.69. The van der Waals surface area contributed by atoms with Crippen molar-refractivity contribution in [1.82, 2.24) is 5.32 Å². The van der Waals surface area contributed by atoms with Gasteiger partial charge >= 0.3 is 0 Å². The van der Waals surface area contributed by atoms with Crippen LogP contribution in [0, 0.1) is 11.8 Å². The number of rotatable bonds is 4. The van der Waals surface area contributed by atoms with Crippen LogP contribution in [0.1, 0.15) is 56.3 Å². The average molecular weight is 316 g/mol. The second kappa shape index (κ2) is 6.91. The first-order valence-electron chi connectivity index (χ1n) is 8.86. The Bertz CT molecular complexity index is 544. The van der Waals surface area contributed by atoms with Crippen LogP contribution in [0.25, 0.3) is 0 Å². The average Bonchev–Trinajstić information content (AvgIpc) is 2.48. The number of hydrogen-bond donors (Lipinski definition) is 2. The molecule has 2 aliphatic carbocycles. The lowest BCUT2D eigenvalue weighted by molar-refractivity contribution is 0.0751. The first-order valence-corrected chi connectivity index (χ1v) is 8.86. The zero-order valence-electron chi connectivity index (χ0n) is 14.1. The van der Waals surface area contributed by atoms with Crippen LogP contribution in [0.2, 0.25) is 0 Å². The van der Waals surface area contributed by atoms with Crippen LogP contribution in [0.3, 0.4) is 0 Å². The predicted octanol–water partition coefficient (Wildman–Crippen LogP) is 3.11. The van der Waals surface area contributed by atoms with Crippen molar-refractivity contribution < 1.29 is 9.53 Å². The van der Waals surface area contributed by atoms with Gasteiger partial charge in [0.2, 0.25) is 0 Å². The van der Waals surface area contributed by atoms with Crippen LogP contribution in [0.5, 0.6) is 5.75 Å². The van der Waals surface area contributed by atoms with Crippen LogP contribution in [0.15, 0.2) is 24.3 Å². The number of benzene rings is 1. The molecule has 3 N–H and O–H groups in total. The fourth-order valence-corrected chi connectivity index (χ4v) is 4.26. The molecule has 0 saturated heterocycles. The van der Waals surface area contributed by atoms with E-state index in [0.29, 0.717) is 29.2 Å². The monoisotopic (exact) mass is 316 g/mol. The number of ether oxygens (including phenoxy) is 1. The number of carbonyl (C=O) groups excluding carboxylic acids is 1. The number of nitrogens with one attached hydrogen (secondary N) is 1. The van der Waals surface area contributed by atoms with Crippen LogP contribution < -0.4 is 15.8 Å². The van der Waals surface area contributed by atoms with Gasteiger partial charge in [0.15, 0.2) is 0 Å². The van der Waals surface area contributed by atoms with Gasteiger partial charge in [0.1, 0.15) is 5.75 Å². The van der Waals surface area contributed by atoms with E-state index in [4.69, 9.17) is 10.5 Å². The maximum atomic E-state index is 12.8. The molecule has 2 bridgehead atoms. The lowest BCUT2D eigenvalue weighted by atomic mass is 9.67. The van der Waals surface area contributed by atoms with E-state index in [0.717, 1.165) is 12.8 Å². The minimum Gasteiger partial charge on any atom is -0.490 e. The van der Waals surface area contributed by atoms with Gasteiger partial charge in [-0.25, -0.2) is 0 Å². The number of hydrogen-bond acceptors (Lipinski definition) is 3. The summed E-state index contributed by atoms with van der Waals surface area (Å²) in [6.45, 7) is 3.95. The van der Waals surface area contributed by atoms with Crippen molar-refractivity contribution in [2.45, 2.75) is 64.1 Å². The Morgan fingerprint density at radius 3 is 2.52 bits per heavy atom. The lowest BCUT2D eigenvalue weighted by Gasteiger charge is -2.45. The molecule has 1 aromatic rings. The molecule has 2 unspecified atom stereocenters. The Balaban J connectivity index is 1.74. The van der Waals surface area contributed by atoms with Crippen LogP contribution in [-0.2, 0) is 0 Å². The molecule has 1 amide bonds.